The number of hydrogen-bond acceptors (Lipinski definition) is 4. The summed E-state index contributed by atoms with van der Waals surface area (Å²) in [5, 5.41) is 2.37. The second-order valence-electron chi connectivity index (χ2n) is 5.56. The number of ether oxygens (including phenoxy) is 1. The van der Waals surface area contributed by atoms with Crippen molar-refractivity contribution in [3.63, 3.8) is 0 Å². The third kappa shape index (κ3) is 5.40. The SMILES string of the molecule is C[C@@H](OC(=O)c1ccccc1[S@](C)=O)C(=O)Nc1ccc(C(F)(F)F)cc1. The molecule has 2 atom stereocenters. The molecule has 0 bridgehead atoms. The van der Waals surface area contributed by atoms with Crippen LogP contribution in [-0.4, -0.2) is 28.4 Å². The Kier molecular flexibility index (Phi) is 6.37. The number of amides is 1. The van der Waals surface area contributed by atoms with Crippen molar-refractivity contribution < 1.29 is 31.7 Å². The summed E-state index contributed by atoms with van der Waals surface area (Å²) < 4.78 is 54.4. The van der Waals surface area contributed by atoms with Crippen LogP contribution in [0.25, 0.3) is 0 Å². The van der Waals surface area contributed by atoms with Crippen molar-refractivity contribution in [2.75, 3.05) is 11.6 Å². The molecular formula is C18H16F3NO4S. The summed E-state index contributed by atoms with van der Waals surface area (Å²) in [5.74, 6) is -1.53. The molecule has 0 heterocycles. The first-order chi connectivity index (χ1) is 12.6. The van der Waals surface area contributed by atoms with Crippen molar-refractivity contribution >= 4 is 28.4 Å². The van der Waals surface area contributed by atoms with Gasteiger partial charge in [-0.15, -0.1) is 0 Å². The number of alkyl halides is 3. The van der Waals surface area contributed by atoms with Crippen LogP contribution < -0.4 is 5.32 Å². The Morgan fingerprint density at radius 3 is 2.22 bits per heavy atom. The second-order valence-corrected chi connectivity index (χ2v) is 6.91. The fraction of sp³-hybridized carbons (Fsp3) is 0.222. The lowest BCUT2D eigenvalue weighted by Crippen LogP contribution is -2.30. The maximum absolute atomic E-state index is 12.5. The van der Waals surface area contributed by atoms with Gasteiger partial charge < -0.3 is 10.1 Å². The second kappa shape index (κ2) is 8.34. The van der Waals surface area contributed by atoms with Crippen molar-refractivity contribution in [2.24, 2.45) is 0 Å². The first-order valence-corrected chi connectivity index (χ1v) is 9.27. The van der Waals surface area contributed by atoms with Crippen LogP contribution in [0.2, 0.25) is 0 Å². The maximum Gasteiger partial charge on any atom is 0.416 e. The molecule has 2 aromatic rings. The van der Waals surface area contributed by atoms with Gasteiger partial charge in [0, 0.05) is 11.9 Å². The Morgan fingerprint density at radius 2 is 1.67 bits per heavy atom. The molecule has 0 aliphatic heterocycles. The monoisotopic (exact) mass is 399 g/mol. The molecular weight excluding hydrogens is 383 g/mol. The third-order valence-electron chi connectivity index (χ3n) is 3.55. The molecule has 144 valence electrons. The van der Waals surface area contributed by atoms with E-state index in [-0.39, 0.29) is 16.1 Å². The molecule has 5 nitrogen and oxygen atoms in total. The van der Waals surface area contributed by atoms with E-state index in [1.807, 2.05) is 0 Å². The molecule has 2 rings (SSSR count). The van der Waals surface area contributed by atoms with E-state index in [9.17, 15) is 27.0 Å². The van der Waals surface area contributed by atoms with Crippen LogP contribution >= 0.6 is 0 Å². The highest BCUT2D eigenvalue weighted by atomic mass is 32.2. The predicted molar refractivity (Wildman–Crippen MR) is 93.7 cm³/mol. The molecule has 9 heteroatoms. The van der Waals surface area contributed by atoms with Gasteiger partial charge in [0.1, 0.15) is 0 Å². The van der Waals surface area contributed by atoms with Gasteiger partial charge in [-0.2, -0.15) is 13.2 Å². The number of carbonyl (C=O) groups excluding carboxylic acids is 2. The fourth-order valence-electron chi connectivity index (χ4n) is 2.15. The summed E-state index contributed by atoms with van der Waals surface area (Å²) in [4.78, 5) is 24.6. The molecule has 2 aromatic carbocycles. The summed E-state index contributed by atoms with van der Waals surface area (Å²) >= 11 is 0. The minimum absolute atomic E-state index is 0.0764. The number of halogens is 3. The smallest absolute Gasteiger partial charge is 0.416 e. The Hall–Kier alpha value is -2.68. The van der Waals surface area contributed by atoms with Gasteiger partial charge in [-0.25, -0.2) is 4.79 Å². The molecule has 0 aliphatic carbocycles. The molecule has 0 radical (unpaired) electrons. The first-order valence-electron chi connectivity index (χ1n) is 7.71. The van der Waals surface area contributed by atoms with Crippen molar-refractivity contribution in [1.29, 1.82) is 0 Å². The van der Waals surface area contributed by atoms with Gasteiger partial charge in [0.15, 0.2) is 6.10 Å². The molecule has 1 amide bonds. The zero-order valence-corrected chi connectivity index (χ0v) is 15.2. The third-order valence-corrected chi connectivity index (χ3v) is 4.52. The normalized spacial score (nSPS) is 13.5. The lowest BCUT2D eigenvalue weighted by Gasteiger charge is -2.15. The van der Waals surface area contributed by atoms with Gasteiger partial charge in [-0.1, -0.05) is 12.1 Å². The molecule has 0 aromatic heterocycles. The highest BCUT2D eigenvalue weighted by Gasteiger charge is 2.30. The van der Waals surface area contributed by atoms with Crippen LogP contribution in [0.15, 0.2) is 53.4 Å². The Balaban J connectivity index is 2.04. The van der Waals surface area contributed by atoms with E-state index in [0.29, 0.717) is 0 Å². The van der Waals surface area contributed by atoms with Crippen molar-refractivity contribution in [3.8, 4) is 0 Å². The average molecular weight is 399 g/mol. The summed E-state index contributed by atoms with van der Waals surface area (Å²) in [5.41, 5.74) is -0.636. The molecule has 0 saturated heterocycles. The highest BCUT2D eigenvalue weighted by molar-refractivity contribution is 7.84. The molecule has 0 spiro atoms. The predicted octanol–water partition coefficient (Wildman–Crippen LogP) is 3.63. The topological polar surface area (TPSA) is 72.5 Å². The zero-order chi connectivity index (χ0) is 20.2. The van der Waals surface area contributed by atoms with Crippen LogP contribution in [0.4, 0.5) is 18.9 Å². The number of rotatable bonds is 5. The number of esters is 1. The van der Waals surface area contributed by atoms with E-state index >= 15 is 0 Å². The van der Waals surface area contributed by atoms with Crippen molar-refractivity contribution in [2.45, 2.75) is 24.1 Å². The molecule has 0 aliphatic rings. The fourth-order valence-corrected chi connectivity index (χ4v) is 2.88. The van der Waals surface area contributed by atoms with E-state index in [0.717, 1.165) is 24.3 Å². The van der Waals surface area contributed by atoms with E-state index in [2.05, 4.69) is 5.32 Å². The van der Waals surface area contributed by atoms with Crippen LogP contribution in [0.3, 0.4) is 0 Å². The van der Waals surface area contributed by atoms with Gasteiger partial charge in [0.25, 0.3) is 5.91 Å². The van der Waals surface area contributed by atoms with Crippen LogP contribution in [0, 0.1) is 0 Å². The van der Waals surface area contributed by atoms with E-state index in [1.165, 1.54) is 25.3 Å². The van der Waals surface area contributed by atoms with Gasteiger partial charge in [-0.05, 0) is 43.3 Å². The number of nitrogens with one attached hydrogen (secondary N) is 1. The Labute approximate surface area is 156 Å². The number of hydrogen-bond donors (Lipinski definition) is 1. The lowest BCUT2D eigenvalue weighted by atomic mass is 10.2. The lowest BCUT2D eigenvalue weighted by molar-refractivity contribution is -0.137. The zero-order valence-electron chi connectivity index (χ0n) is 14.4. The number of anilines is 1. The van der Waals surface area contributed by atoms with E-state index in [1.54, 1.807) is 12.1 Å². The van der Waals surface area contributed by atoms with Gasteiger partial charge in [0.2, 0.25) is 0 Å². The highest BCUT2D eigenvalue weighted by Crippen LogP contribution is 2.29. The molecule has 1 N–H and O–H groups in total. The minimum Gasteiger partial charge on any atom is -0.449 e. The molecule has 0 fully saturated rings. The quantitative estimate of drug-likeness (QED) is 0.780. The van der Waals surface area contributed by atoms with Crippen LogP contribution in [-0.2, 0) is 26.5 Å². The summed E-state index contributed by atoms with van der Waals surface area (Å²) in [7, 11) is -1.42. The van der Waals surface area contributed by atoms with Crippen LogP contribution in [0.5, 0.6) is 0 Å². The standard InChI is InChI=1S/C18H16F3NO4S/c1-11(26-17(24)14-5-3-4-6-15(14)27(2)25)16(23)22-13-9-7-12(8-10-13)18(19,20)21/h3-11H,1-2H3,(H,22,23)/t11-,27+/m1/s1. The van der Waals surface area contributed by atoms with E-state index < -0.39 is 40.5 Å². The Bertz CT molecular complexity index is 866. The number of carbonyl (C=O) groups is 2. The first kappa shape index (κ1) is 20.6. The number of benzene rings is 2. The minimum atomic E-state index is -4.47. The van der Waals surface area contributed by atoms with Crippen molar-refractivity contribution in [3.05, 3.63) is 59.7 Å². The summed E-state index contributed by atoms with van der Waals surface area (Å²) in [6.07, 6.45) is -4.27. The largest absolute Gasteiger partial charge is 0.449 e. The molecule has 0 unspecified atom stereocenters. The average Bonchev–Trinajstić information content (AvgIpc) is 2.61. The molecule has 27 heavy (non-hydrogen) atoms. The molecule has 0 saturated carbocycles. The summed E-state index contributed by atoms with van der Waals surface area (Å²) in [6, 6.07) is 10.0. The van der Waals surface area contributed by atoms with Crippen molar-refractivity contribution in [1.82, 2.24) is 0 Å². The van der Waals surface area contributed by atoms with Gasteiger partial charge in [0.05, 0.1) is 26.8 Å². The van der Waals surface area contributed by atoms with E-state index in [4.69, 9.17) is 4.74 Å². The Morgan fingerprint density at radius 1 is 1.07 bits per heavy atom. The summed E-state index contributed by atoms with van der Waals surface area (Å²) in [6.45, 7) is 1.32. The van der Waals surface area contributed by atoms with Crippen LogP contribution in [0.1, 0.15) is 22.8 Å². The maximum atomic E-state index is 12.5. The van der Waals surface area contributed by atoms with Gasteiger partial charge in [-0.3, -0.25) is 9.00 Å². The van der Waals surface area contributed by atoms with Gasteiger partial charge >= 0.3 is 12.1 Å².